The molecule has 1 saturated heterocycles. The first-order chi connectivity index (χ1) is 15.7. The largest absolute Gasteiger partial charge is 0.389 e. The van der Waals surface area contributed by atoms with E-state index < -0.39 is 5.60 Å². The molecule has 0 unspecified atom stereocenters. The van der Waals surface area contributed by atoms with Gasteiger partial charge in [0.05, 0.1) is 5.60 Å². The van der Waals surface area contributed by atoms with E-state index in [2.05, 4.69) is 95.9 Å². The number of rotatable bonds is 10. The molecule has 4 rings (SSSR count). The van der Waals surface area contributed by atoms with E-state index in [1.165, 1.54) is 42.5 Å². The van der Waals surface area contributed by atoms with Crippen LogP contribution in [0.4, 0.5) is 0 Å². The van der Waals surface area contributed by atoms with Crippen molar-refractivity contribution >= 4 is 0 Å². The molecule has 0 radical (unpaired) electrons. The first-order valence-electron chi connectivity index (χ1n) is 12.3. The minimum Gasteiger partial charge on any atom is -0.389 e. The van der Waals surface area contributed by atoms with Crippen molar-refractivity contribution in [3.05, 3.63) is 108 Å². The Morgan fingerprint density at radius 3 is 1.62 bits per heavy atom. The number of nitrogens with zero attached hydrogens (tertiary/aromatic N) is 1. The summed E-state index contributed by atoms with van der Waals surface area (Å²) in [7, 11) is 0. The zero-order valence-corrected chi connectivity index (χ0v) is 19.2. The predicted octanol–water partition coefficient (Wildman–Crippen LogP) is 5.94. The summed E-state index contributed by atoms with van der Waals surface area (Å²) < 4.78 is 0. The molecular formula is C30H37NO. The second-order valence-corrected chi connectivity index (χ2v) is 9.49. The van der Waals surface area contributed by atoms with Gasteiger partial charge in [-0.15, -0.1) is 0 Å². The van der Waals surface area contributed by atoms with Crippen LogP contribution in [0, 0.1) is 5.92 Å². The molecule has 0 spiro atoms. The zero-order valence-electron chi connectivity index (χ0n) is 19.2. The van der Waals surface area contributed by atoms with E-state index in [0.717, 1.165) is 38.8 Å². The molecule has 2 nitrogen and oxygen atoms in total. The number of hydrogen-bond acceptors (Lipinski definition) is 2. The van der Waals surface area contributed by atoms with Crippen LogP contribution in [0.15, 0.2) is 91.0 Å². The molecule has 168 valence electrons. The number of likely N-dealkylation sites (tertiary alicyclic amines) is 1. The fraction of sp³-hybridized carbons (Fsp3) is 0.400. The van der Waals surface area contributed by atoms with Crippen molar-refractivity contribution in [3.8, 4) is 0 Å². The average molecular weight is 428 g/mol. The zero-order chi connectivity index (χ0) is 22.1. The summed E-state index contributed by atoms with van der Waals surface area (Å²) in [5, 5.41) is 12.0. The lowest BCUT2D eigenvalue weighted by Gasteiger charge is -2.42. The van der Waals surface area contributed by atoms with Crippen molar-refractivity contribution in [1.29, 1.82) is 0 Å². The van der Waals surface area contributed by atoms with Gasteiger partial charge in [0.15, 0.2) is 0 Å². The van der Waals surface area contributed by atoms with Gasteiger partial charge < -0.3 is 10.0 Å². The van der Waals surface area contributed by atoms with Crippen LogP contribution in [0.2, 0.25) is 0 Å². The number of benzene rings is 3. The molecule has 0 amide bonds. The van der Waals surface area contributed by atoms with Crippen LogP contribution in [0.1, 0.15) is 42.4 Å². The van der Waals surface area contributed by atoms with Gasteiger partial charge in [0.2, 0.25) is 0 Å². The van der Waals surface area contributed by atoms with Crippen LogP contribution < -0.4 is 0 Å². The van der Waals surface area contributed by atoms with Gasteiger partial charge in [-0.3, -0.25) is 0 Å². The van der Waals surface area contributed by atoms with Crippen molar-refractivity contribution in [2.45, 2.75) is 50.5 Å². The third-order valence-electron chi connectivity index (χ3n) is 7.09. The molecule has 3 aromatic carbocycles. The number of unbranched alkanes of at least 4 members (excludes halogenated alkanes) is 1. The molecular weight excluding hydrogens is 390 g/mol. The molecule has 1 aliphatic heterocycles. The number of aryl methyl sites for hydroxylation is 1. The highest BCUT2D eigenvalue weighted by Crippen LogP contribution is 2.34. The molecule has 1 heterocycles. The maximum absolute atomic E-state index is 12.0. The fourth-order valence-electron chi connectivity index (χ4n) is 5.25. The van der Waals surface area contributed by atoms with Crippen molar-refractivity contribution in [2.24, 2.45) is 5.92 Å². The Morgan fingerprint density at radius 2 is 1.12 bits per heavy atom. The van der Waals surface area contributed by atoms with E-state index in [1.807, 2.05) is 0 Å². The molecule has 1 fully saturated rings. The minimum atomic E-state index is -0.692. The van der Waals surface area contributed by atoms with E-state index in [1.54, 1.807) is 0 Å². The lowest BCUT2D eigenvalue weighted by atomic mass is 9.73. The van der Waals surface area contributed by atoms with E-state index in [4.69, 9.17) is 0 Å². The van der Waals surface area contributed by atoms with Gasteiger partial charge in [-0.05, 0) is 74.3 Å². The molecule has 1 N–H and O–H groups in total. The smallest absolute Gasteiger partial charge is 0.0757 e. The minimum absolute atomic E-state index is 0.337. The van der Waals surface area contributed by atoms with Crippen LogP contribution in [-0.4, -0.2) is 35.2 Å². The van der Waals surface area contributed by atoms with Gasteiger partial charge in [0.25, 0.3) is 0 Å². The topological polar surface area (TPSA) is 23.5 Å². The Morgan fingerprint density at radius 1 is 0.656 bits per heavy atom. The fourth-order valence-corrected chi connectivity index (χ4v) is 5.25. The summed E-state index contributed by atoms with van der Waals surface area (Å²) >= 11 is 0. The molecule has 0 aliphatic carbocycles. The molecule has 1 aliphatic rings. The highest BCUT2D eigenvalue weighted by atomic mass is 16.3. The molecule has 0 aromatic heterocycles. The summed E-state index contributed by atoms with van der Waals surface area (Å²) in [6.07, 6.45) is 7.28. The quantitative estimate of drug-likeness (QED) is 0.405. The average Bonchev–Trinajstić information content (AvgIpc) is 2.84. The normalized spacial score (nSPS) is 15.7. The van der Waals surface area contributed by atoms with Crippen LogP contribution in [0.5, 0.6) is 0 Å². The molecule has 3 aromatic rings. The summed E-state index contributed by atoms with van der Waals surface area (Å²) in [6.45, 7) is 3.37. The number of aliphatic hydroxyl groups is 1. The molecule has 0 atom stereocenters. The summed E-state index contributed by atoms with van der Waals surface area (Å²) in [4.78, 5) is 2.60. The van der Waals surface area contributed by atoms with Crippen LogP contribution in [0.3, 0.4) is 0 Å². The highest BCUT2D eigenvalue weighted by Gasteiger charge is 2.38. The first kappa shape index (κ1) is 22.8. The highest BCUT2D eigenvalue weighted by molar-refractivity contribution is 5.22. The van der Waals surface area contributed by atoms with Gasteiger partial charge >= 0.3 is 0 Å². The number of piperidine rings is 1. The Labute approximate surface area is 193 Å². The Kier molecular flexibility index (Phi) is 8.14. The Balaban J connectivity index is 1.31. The second-order valence-electron chi connectivity index (χ2n) is 9.49. The summed E-state index contributed by atoms with van der Waals surface area (Å²) in [5.74, 6) is 0.337. The SMILES string of the molecule is OC(Cc1ccccc1)(Cc1ccccc1)C1CCN(CCCCc2ccccc2)CC1. The van der Waals surface area contributed by atoms with Crippen molar-refractivity contribution in [2.75, 3.05) is 19.6 Å². The first-order valence-corrected chi connectivity index (χ1v) is 12.3. The third-order valence-corrected chi connectivity index (χ3v) is 7.09. The summed E-state index contributed by atoms with van der Waals surface area (Å²) in [5.41, 5.74) is 3.21. The van der Waals surface area contributed by atoms with Crippen molar-refractivity contribution in [3.63, 3.8) is 0 Å². The third kappa shape index (κ3) is 6.54. The van der Waals surface area contributed by atoms with Gasteiger partial charge in [-0.1, -0.05) is 91.0 Å². The van der Waals surface area contributed by atoms with E-state index in [-0.39, 0.29) is 0 Å². The lowest BCUT2D eigenvalue weighted by molar-refractivity contribution is -0.0427. The molecule has 0 bridgehead atoms. The van der Waals surface area contributed by atoms with Gasteiger partial charge in [0, 0.05) is 12.8 Å². The van der Waals surface area contributed by atoms with Crippen molar-refractivity contribution in [1.82, 2.24) is 4.90 Å². The molecule has 32 heavy (non-hydrogen) atoms. The lowest BCUT2D eigenvalue weighted by Crippen LogP contribution is -2.48. The van der Waals surface area contributed by atoms with Crippen molar-refractivity contribution < 1.29 is 5.11 Å². The Bertz CT molecular complexity index is 860. The van der Waals surface area contributed by atoms with Crippen LogP contribution in [-0.2, 0) is 19.3 Å². The van der Waals surface area contributed by atoms with Crippen LogP contribution in [0.25, 0.3) is 0 Å². The maximum Gasteiger partial charge on any atom is 0.0757 e. The number of hydrogen-bond donors (Lipinski definition) is 1. The monoisotopic (exact) mass is 427 g/mol. The maximum atomic E-state index is 12.0. The Hall–Kier alpha value is -2.42. The van der Waals surface area contributed by atoms with Gasteiger partial charge in [-0.2, -0.15) is 0 Å². The second kappa shape index (κ2) is 11.4. The van der Waals surface area contributed by atoms with Crippen LogP contribution >= 0.6 is 0 Å². The van der Waals surface area contributed by atoms with Gasteiger partial charge in [-0.25, -0.2) is 0 Å². The van der Waals surface area contributed by atoms with E-state index >= 15 is 0 Å². The summed E-state index contributed by atoms with van der Waals surface area (Å²) in [6, 6.07) is 31.8. The predicted molar refractivity (Wildman–Crippen MR) is 134 cm³/mol. The molecule has 0 saturated carbocycles. The van der Waals surface area contributed by atoms with E-state index in [9.17, 15) is 5.11 Å². The van der Waals surface area contributed by atoms with E-state index in [0.29, 0.717) is 5.92 Å². The standard InChI is InChI=1S/C30H37NO/c32-30(24-27-15-6-2-7-16-27,25-28-17-8-3-9-18-28)29-19-22-31(23-20-29)21-11-10-14-26-12-4-1-5-13-26/h1-9,12-13,15-18,29,32H,10-11,14,19-25H2. The molecule has 2 heteroatoms. The van der Waals surface area contributed by atoms with Gasteiger partial charge in [0.1, 0.15) is 0 Å².